The van der Waals surface area contributed by atoms with E-state index in [1.807, 2.05) is 12.1 Å². The van der Waals surface area contributed by atoms with Crippen LogP contribution >= 0.6 is 11.6 Å². The van der Waals surface area contributed by atoms with Crippen LogP contribution in [0.15, 0.2) is 18.2 Å². The van der Waals surface area contributed by atoms with Crippen LogP contribution in [0.1, 0.15) is 31.2 Å². The number of nitrogens with zero attached hydrogens (tertiary/aromatic N) is 1. The summed E-state index contributed by atoms with van der Waals surface area (Å²) >= 11 is 5.97. The van der Waals surface area contributed by atoms with Crippen LogP contribution in [0.2, 0.25) is 5.02 Å². The highest BCUT2D eigenvalue weighted by Gasteiger charge is 2.20. The molecule has 0 bridgehead atoms. The molecule has 0 atom stereocenters. The van der Waals surface area contributed by atoms with Gasteiger partial charge < -0.3 is 10.4 Å². The Hall–Kier alpha value is -1.24. The molecule has 0 spiro atoms. The maximum Gasteiger partial charge on any atom is 0.103 e. The molecule has 3 nitrogen and oxygen atoms in total. The van der Waals surface area contributed by atoms with Crippen molar-refractivity contribution in [3.8, 4) is 6.07 Å². The van der Waals surface area contributed by atoms with Gasteiger partial charge in [0.15, 0.2) is 0 Å². The van der Waals surface area contributed by atoms with Gasteiger partial charge in [-0.1, -0.05) is 17.7 Å². The third-order valence-electron chi connectivity index (χ3n) is 3.18. The first-order chi connectivity index (χ1) is 8.20. The lowest BCUT2D eigenvalue weighted by Gasteiger charge is -2.27. The highest BCUT2D eigenvalue weighted by Crippen LogP contribution is 2.27. The van der Waals surface area contributed by atoms with Gasteiger partial charge in [-0.2, -0.15) is 5.26 Å². The Balaban J connectivity index is 2.09. The molecule has 1 aromatic carbocycles. The molecule has 0 saturated heterocycles. The van der Waals surface area contributed by atoms with E-state index in [9.17, 15) is 5.11 Å². The molecule has 1 saturated carbocycles. The lowest BCUT2D eigenvalue weighted by Crippen LogP contribution is -2.28. The van der Waals surface area contributed by atoms with Crippen molar-refractivity contribution in [2.24, 2.45) is 0 Å². The van der Waals surface area contributed by atoms with Gasteiger partial charge in [0.05, 0.1) is 22.4 Å². The van der Waals surface area contributed by atoms with Gasteiger partial charge in [0.1, 0.15) is 6.07 Å². The molecule has 1 aliphatic rings. The van der Waals surface area contributed by atoms with Crippen LogP contribution in [0.5, 0.6) is 0 Å². The SMILES string of the molecule is N#Cc1c(Cl)cccc1NC1CCC(O)CC1. The molecule has 0 aliphatic heterocycles. The van der Waals surface area contributed by atoms with Crippen LogP contribution < -0.4 is 5.32 Å². The lowest BCUT2D eigenvalue weighted by molar-refractivity contribution is 0.126. The quantitative estimate of drug-likeness (QED) is 0.849. The van der Waals surface area contributed by atoms with Crippen molar-refractivity contribution in [2.75, 3.05) is 5.32 Å². The fraction of sp³-hybridized carbons (Fsp3) is 0.462. The van der Waals surface area contributed by atoms with E-state index in [-0.39, 0.29) is 6.10 Å². The van der Waals surface area contributed by atoms with E-state index in [1.165, 1.54) is 0 Å². The maximum absolute atomic E-state index is 9.44. The Morgan fingerprint density at radius 2 is 2.00 bits per heavy atom. The summed E-state index contributed by atoms with van der Waals surface area (Å²) in [5, 5.41) is 22.3. The fourth-order valence-electron chi connectivity index (χ4n) is 2.20. The molecule has 1 aromatic rings. The Kier molecular flexibility index (Phi) is 3.88. The van der Waals surface area contributed by atoms with Crippen LogP contribution in [0.25, 0.3) is 0 Å². The zero-order valence-electron chi connectivity index (χ0n) is 9.49. The van der Waals surface area contributed by atoms with Gasteiger partial charge >= 0.3 is 0 Å². The molecule has 1 aliphatic carbocycles. The van der Waals surface area contributed by atoms with Crippen molar-refractivity contribution in [3.05, 3.63) is 28.8 Å². The van der Waals surface area contributed by atoms with E-state index in [0.717, 1.165) is 31.4 Å². The van der Waals surface area contributed by atoms with E-state index >= 15 is 0 Å². The first-order valence-electron chi connectivity index (χ1n) is 5.84. The van der Waals surface area contributed by atoms with Gasteiger partial charge in [-0.25, -0.2) is 0 Å². The minimum absolute atomic E-state index is 0.164. The monoisotopic (exact) mass is 250 g/mol. The van der Waals surface area contributed by atoms with E-state index in [4.69, 9.17) is 16.9 Å². The third kappa shape index (κ3) is 2.91. The van der Waals surface area contributed by atoms with Crippen molar-refractivity contribution in [1.29, 1.82) is 5.26 Å². The number of hydrogen-bond acceptors (Lipinski definition) is 3. The van der Waals surface area contributed by atoms with Gasteiger partial charge in [-0.15, -0.1) is 0 Å². The van der Waals surface area contributed by atoms with Crippen LogP contribution in [0.3, 0.4) is 0 Å². The molecule has 2 N–H and O–H groups in total. The number of halogens is 1. The largest absolute Gasteiger partial charge is 0.393 e. The van der Waals surface area contributed by atoms with Crippen LogP contribution in [0, 0.1) is 11.3 Å². The standard InChI is InChI=1S/C13H15ClN2O/c14-12-2-1-3-13(11(12)8-15)16-9-4-6-10(17)7-5-9/h1-3,9-10,16-17H,4-7H2. The molecule has 0 unspecified atom stereocenters. The Bertz CT molecular complexity index is 434. The maximum atomic E-state index is 9.44. The smallest absolute Gasteiger partial charge is 0.103 e. The van der Waals surface area contributed by atoms with E-state index in [2.05, 4.69) is 11.4 Å². The Morgan fingerprint density at radius 1 is 1.29 bits per heavy atom. The Labute approximate surface area is 106 Å². The summed E-state index contributed by atoms with van der Waals surface area (Å²) in [5.74, 6) is 0. The minimum atomic E-state index is -0.164. The molecule has 0 radical (unpaired) electrons. The van der Waals surface area contributed by atoms with E-state index in [0.29, 0.717) is 16.6 Å². The van der Waals surface area contributed by atoms with Crippen LogP contribution in [0.4, 0.5) is 5.69 Å². The molecule has 0 aromatic heterocycles. The average molecular weight is 251 g/mol. The summed E-state index contributed by atoms with van der Waals surface area (Å²) in [6, 6.07) is 7.87. The molecule has 90 valence electrons. The summed E-state index contributed by atoms with van der Waals surface area (Å²) < 4.78 is 0. The molecular formula is C13H15ClN2O. The van der Waals surface area contributed by atoms with E-state index < -0.39 is 0 Å². The number of anilines is 1. The van der Waals surface area contributed by atoms with Crippen molar-refractivity contribution in [1.82, 2.24) is 0 Å². The van der Waals surface area contributed by atoms with Gasteiger partial charge in [0.25, 0.3) is 0 Å². The van der Waals surface area contributed by atoms with Gasteiger partial charge in [-0.05, 0) is 37.8 Å². The second kappa shape index (κ2) is 5.39. The van der Waals surface area contributed by atoms with Crippen LogP contribution in [-0.4, -0.2) is 17.3 Å². The van der Waals surface area contributed by atoms with Crippen molar-refractivity contribution < 1.29 is 5.11 Å². The second-order valence-corrected chi connectivity index (χ2v) is 4.83. The zero-order chi connectivity index (χ0) is 12.3. The molecule has 4 heteroatoms. The number of hydrogen-bond donors (Lipinski definition) is 2. The topological polar surface area (TPSA) is 56.0 Å². The second-order valence-electron chi connectivity index (χ2n) is 4.42. The number of nitriles is 1. The van der Waals surface area contributed by atoms with Crippen molar-refractivity contribution in [3.63, 3.8) is 0 Å². The summed E-state index contributed by atoms with van der Waals surface area (Å²) in [6.07, 6.45) is 3.33. The summed E-state index contributed by atoms with van der Waals surface area (Å²) in [4.78, 5) is 0. The van der Waals surface area contributed by atoms with Gasteiger partial charge in [0.2, 0.25) is 0 Å². The molecular weight excluding hydrogens is 236 g/mol. The Morgan fingerprint density at radius 3 is 2.65 bits per heavy atom. The first-order valence-corrected chi connectivity index (χ1v) is 6.21. The average Bonchev–Trinajstić information content (AvgIpc) is 2.32. The fourth-order valence-corrected chi connectivity index (χ4v) is 2.41. The zero-order valence-corrected chi connectivity index (χ0v) is 10.2. The predicted molar refractivity (Wildman–Crippen MR) is 68.1 cm³/mol. The molecule has 0 heterocycles. The van der Waals surface area contributed by atoms with E-state index in [1.54, 1.807) is 6.07 Å². The van der Waals surface area contributed by atoms with Crippen molar-refractivity contribution >= 4 is 17.3 Å². The van der Waals surface area contributed by atoms with Crippen molar-refractivity contribution in [2.45, 2.75) is 37.8 Å². The highest BCUT2D eigenvalue weighted by molar-refractivity contribution is 6.32. The number of benzene rings is 1. The van der Waals surface area contributed by atoms with Gasteiger partial charge in [-0.3, -0.25) is 0 Å². The third-order valence-corrected chi connectivity index (χ3v) is 3.50. The number of aliphatic hydroxyl groups excluding tert-OH is 1. The molecule has 1 fully saturated rings. The predicted octanol–water partition coefficient (Wildman–Crippen LogP) is 2.93. The normalized spacial score (nSPS) is 24.1. The summed E-state index contributed by atoms with van der Waals surface area (Å²) in [5.41, 5.74) is 1.29. The number of nitrogens with one attached hydrogen (secondary N) is 1. The molecule has 2 rings (SSSR count). The van der Waals surface area contributed by atoms with Gasteiger partial charge in [0, 0.05) is 6.04 Å². The number of aliphatic hydroxyl groups is 1. The molecule has 0 amide bonds. The van der Waals surface area contributed by atoms with Crippen LogP contribution in [-0.2, 0) is 0 Å². The summed E-state index contributed by atoms with van der Waals surface area (Å²) in [6.45, 7) is 0. The first kappa shape index (κ1) is 12.2. The highest BCUT2D eigenvalue weighted by atomic mass is 35.5. The number of rotatable bonds is 2. The summed E-state index contributed by atoms with van der Waals surface area (Å²) in [7, 11) is 0. The lowest BCUT2D eigenvalue weighted by atomic mass is 9.93. The minimum Gasteiger partial charge on any atom is -0.393 e. The molecule has 17 heavy (non-hydrogen) atoms.